The summed E-state index contributed by atoms with van der Waals surface area (Å²) < 4.78 is 0. The van der Waals surface area contributed by atoms with Crippen LogP contribution in [-0.4, -0.2) is 11.9 Å². The first-order valence-corrected chi connectivity index (χ1v) is 4.86. The van der Waals surface area contributed by atoms with Gasteiger partial charge in [0.25, 0.3) is 0 Å². The maximum Gasteiger partial charge on any atom is 0.227 e. The SMILES string of the molecule is C[C@H]1CCC(=O)N1c1ccc(N)cc1. The number of nitrogens with two attached hydrogens (primary N) is 1. The normalized spacial score (nSPS) is 21.6. The second-order valence-electron chi connectivity index (χ2n) is 3.74. The van der Waals surface area contributed by atoms with Crippen molar-refractivity contribution >= 4 is 17.3 Å². The molecule has 1 atom stereocenters. The highest BCUT2D eigenvalue weighted by Crippen LogP contribution is 2.26. The molecule has 1 heterocycles. The van der Waals surface area contributed by atoms with Gasteiger partial charge in [-0.15, -0.1) is 0 Å². The van der Waals surface area contributed by atoms with Crippen LogP contribution in [0.3, 0.4) is 0 Å². The van der Waals surface area contributed by atoms with E-state index in [2.05, 4.69) is 6.92 Å². The molecular formula is C11H14N2O. The van der Waals surface area contributed by atoms with Crippen molar-refractivity contribution in [3.8, 4) is 0 Å². The van der Waals surface area contributed by atoms with E-state index in [0.717, 1.165) is 17.8 Å². The molecule has 1 aliphatic rings. The molecule has 0 bridgehead atoms. The number of hydrogen-bond acceptors (Lipinski definition) is 2. The molecule has 0 radical (unpaired) electrons. The second kappa shape index (κ2) is 3.33. The summed E-state index contributed by atoms with van der Waals surface area (Å²) >= 11 is 0. The molecule has 0 unspecified atom stereocenters. The Balaban J connectivity index is 2.30. The van der Waals surface area contributed by atoms with Gasteiger partial charge in [0, 0.05) is 23.8 Å². The minimum atomic E-state index is 0.210. The molecule has 0 aromatic heterocycles. The van der Waals surface area contributed by atoms with Crippen molar-refractivity contribution < 1.29 is 4.79 Å². The van der Waals surface area contributed by atoms with Crippen LogP contribution in [-0.2, 0) is 4.79 Å². The summed E-state index contributed by atoms with van der Waals surface area (Å²) in [6.45, 7) is 2.07. The van der Waals surface area contributed by atoms with Crippen molar-refractivity contribution in [1.82, 2.24) is 0 Å². The van der Waals surface area contributed by atoms with Gasteiger partial charge in [-0.1, -0.05) is 0 Å². The summed E-state index contributed by atoms with van der Waals surface area (Å²) in [6, 6.07) is 7.76. The summed E-state index contributed by atoms with van der Waals surface area (Å²) in [6.07, 6.45) is 1.61. The van der Waals surface area contributed by atoms with Crippen LogP contribution in [0.1, 0.15) is 19.8 Å². The Bertz CT molecular complexity index is 345. The van der Waals surface area contributed by atoms with E-state index in [4.69, 9.17) is 5.73 Å². The van der Waals surface area contributed by atoms with Gasteiger partial charge in [-0.3, -0.25) is 4.79 Å². The quantitative estimate of drug-likeness (QED) is 0.686. The molecule has 3 nitrogen and oxygen atoms in total. The lowest BCUT2D eigenvalue weighted by Crippen LogP contribution is -2.30. The van der Waals surface area contributed by atoms with Gasteiger partial charge in [0.05, 0.1) is 0 Å². The fourth-order valence-electron chi connectivity index (χ4n) is 1.86. The molecule has 1 aromatic carbocycles. The van der Waals surface area contributed by atoms with Crippen LogP contribution in [0, 0.1) is 0 Å². The number of anilines is 2. The second-order valence-corrected chi connectivity index (χ2v) is 3.74. The molecule has 2 N–H and O–H groups in total. The standard InChI is InChI=1S/C11H14N2O/c1-8-2-7-11(14)13(8)10-5-3-9(12)4-6-10/h3-6,8H,2,7,12H2,1H3/t8-/m0/s1. The number of hydrogen-bond donors (Lipinski definition) is 1. The maximum atomic E-state index is 11.6. The Kier molecular flexibility index (Phi) is 2.15. The molecule has 1 aliphatic heterocycles. The van der Waals surface area contributed by atoms with E-state index in [0.29, 0.717) is 12.5 Å². The van der Waals surface area contributed by atoms with Gasteiger partial charge in [0.2, 0.25) is 5.91 Å². The Morgan fingerprint density at radius 2 is 2.00 bits per heavy atom. The fraction of sp³-hybridized carbons (Fsp3) is 0.364. The van der Waals surface area contributed by atoms with Gasteiger partial charge in [0.15, 0.2) is 0 Å². The molecule has 1 amide bonds. The zero-order chi connectivity index (χ0) is 10.1. The van der Waals surface area contributed by atoms with Crippen LogP contribution in [0.25, 0.3) is 0 Å². The number of carbonyl (C=O) groups excluding carboxylic acids is 1. The monoisotopic (exact) mass is 190 g/mol. The van der Waals surface area contributed by atoms with Gasteiger partial charge in [-0.25, -0.2) is 0 Å². The van der Waals surface area contributed by atoms with Gasteiger partial charge in [-0.05, 0) is 37.6 Å². The van der Waals surface area contributed by atoms with Crippen LogP contribution in [0.15, 0.2) is 24.3 Å². The number of rotatable bonds is 1. The highest BCUT2D eigenvalue weighted by molar-refractivity contribution is 5.96. The lowest BCUT2D eigenvalue weighted by Gasteiger charge is -2.21. The molecule has 0 saturated carbocycles. The fourth-order valence-corrected chi connectivity index (χ4v) is 1.86. The zero-order valence-electron chi connectivity index (χ0n) is 8.23. The van der Waals surface area contributed by atoms with Gasteiger partial charge >= 0.3 is 0 Å². The Morgan fingerprint density at radius 1 is 1.36 bits per heavy atom. The van der Waals surface area contributed by atoms with E-state index < -0.39 is 0 Å². The molecule has 1 fully saturated rings. The third-order valence-electron chi connectivity index (χ3n) is 2.66. The first kappa shape index (κ1) is 9.06. The highest BCUT2D eigenvalue weighted by Gasteiger charge is 2.28. The van der Waals surface area contributed by atoms with Crippen molar-refractivity contribution in [2.75, 3.05) is 10.6 Å². The molecule has 0 spiro atoms. The molecular weight excluding hydrogens is 176 g/mol. The lowest BCUT2D eigenvalue weighted by atomic mass is 10.2. The molecule has 0 aliphatic carbocycles. The molecule has 3 heteroatoms. The van der Waals surface area contributed by atoms with E-state index >= 15 is 0 Å². The van der Waals surface area contributed by atoms with Crippen LogP contribution >= 0.6 is 0 Å². The topological polar surface area (TPSA) is 46.3 Å². The third kappa shape index (κ3) is 1.45. The van der Waals surface area contributed by atoms with Gasteiger partial charge in [0.1, 0.15) is 0 Å². The van der Waals surface area contributed by atoms with E-state index in [9.17, 15) is 4.79 Å². The lowest BCUT2D eigenvalue weighted by molar-refractivity contribution is -0.117. The number of benzene rings is 1. The third-order valence-corrected chi connectivity index (χ3v) is 2.66. The largest absolute Gasteiger partial charge is 0.399 e. The summed E-state index contributed by atoms with van der Waals surface area (Å²) in [5.41, 5.74) is 7.27. The van der Waals surface area contributed by atoms with Crippen LogP contribution < -0.4 is 10.6 Å². The zero-order valence-corrected chi connectivity index (χ0v) is 8.23. The number of nitrogens with zero attached hydrogens (tertiary/aromatic N) is 1. The number of amides is 1. The summed E-state index contributed by atoms with van der Waals surface area (Å²) in [7, 11) is 0. The minimum absolute atomic E-state index is 0.210. The van der Waals surface area contributed by atoms with Gasteiger partial charge < -0.3 is 10.6 Å². The summed E-state index contributed by atoms with van der Waals surface area (Å²) in [5, 5.41) is 0. The average molecular weight is 190 g/mol. The predicted octanol–water partition coefficient (Wildman–Crippen LogP) is 1.78. The smallest absolute Gasteiger partial charge is 0.227 e. The molecule has 74 valence electrons. The average Bonchev–Trinajstić information content (AvgIpc) is 2.49. The Morgan fingerprint density at radius 3 is 2.50 bits per heavy atom. The van der Waals surface area contributed by atoms with Crippen LogP contribution in [0.4, 0.5) is 11.4 Å². The van der Waals surface area contributed by atoms with Crippen molar-refractivity contribution in [2.24, 2.45) is 0 Å². The van der Waals surface area contributed by atoms with Crippen molar-refractivity contribution in [2.45, 2.75) is 25.8 Å². The van der Waals surface area contributed by atoms with E-state index in [1.165, 1.54) is 0 Å². The maximum absolute atomic E-state index is 11.6. The first-order chi connectivity index (χ1) is 6.68. The van der Waals surface area contributed by atoms with E-state index in [-0.39, 0.29) is 5.91 Å². The van der Waals surface area contributed by atoms with E-state index in [1.54, 1.807) is 0 Å². The van der Waals surface area contributed by atoms with Crippen molar-refractivity contribution in [3.63, 3.8) is 0 Å². The van der Waals surface area contributed by atoms with Crippen molar-refractivity contribution in [1.29, 1.82) is 0 Å². The molecule has 1 aromatic rings. The Hall–Kier alpha value is -1.51. The minimum Gasteiger partial charge on any atom is -0.399 e. The van der Waals surface area contributed by atoms with Crippen molar-refractivity contribution in [3.05, 3.63) is 24.3 Å². The van der Waals surface area contributed by atoms with E-state index in [1.807, 2.05) is 29.2 Å². The highest BCUT2D eigenvalue weighted by atomic mass is 16.2. The molecule has 14 heavy (non-hydrogen) atoms. The number of nitrogen functional groups attached to an aromatic ring is 1. The Labute approximate surface area is 83.5 Å². The van der Waals surface area contributed by atoms with Crippen LogP contribution in [0.2, 0.25) is 0 Å². The summed E-state index contributed by atoms with van der Waals surface area (Å²) in [4.78, 5) is 13.4. The van der Waals surface area contributed by atoms with Crippen LogP contribution in [0.5, 0.6) is 0 Å². The molecule has 1 saturated heterocycles. The van der Waals surface area contributed by atoms with Gasteiger partial charge in [-0.2, -0.15) is 0 Å². The summed E-state index contributed by atoms with van der Waals surface area (Å²) in [5.74, 6) is 0.210. The first-order valence-electron chi connectivity index (χ1n) is 4.86. The predicted molar refractivity (Wildman–Crippen MR) is 57.0 cm³/mol. The molecule has 2 rings (SSSR count). The number of carbonyl (C=O) groups is 1.